The average Bonchev–Trinajstić information content (AvgIpc) is 2.55. The minimum absolute atomic E-state index is 0.0335. The zero-order chi connectivity index (χ0) is 17.0. The zero-order valence-electron chi connectivity index (χ0n) is 12.8. The standard InChI is InChI=1S/C17H17BrClNO3/c1-3-14(10-4-6-12(19)7-5-10)20-17(22)11-8-13(18)16(21)15(9-11)23-2/h4-9,14,21H,3H2,1-2H3,(H,20,22). The van der Waals surface area contributed by atoms with Crippen LogP contribution < -0.4 is 10.1 Å². The Hall–Kier alpha value is -1.72. The Kier molecular flexibility index (Phi) is 5.91. The summed E-state index contributed by atoms with van der Waals surface area (Å²) < 4.78 is 5.48. The molecule has 1 amide bonds. The number of rotatable bonds is 5. The van der Waals surface area contributed by atoms with Gasteiger partial charge in [-0.3, -0.25) is 4.79 Å². The van der Waals surface area contributed by atoms with Gasteiger partial charge < -0.3 is 15.2 Å². The minimum atomic E-state index is -0.245. The van der Waals surface area contributed by atoms with E-state index in [1.54, 1.807) is 18.2 Å². The molecule has 0 aliphatic heterocycles. The molecule has 0 aliphatic rings. The maximum atomic E-state index is 12.5. The van der Waals surface area contributed by atoms with E-state index in [4.69, 9.17) is 16.3 Å². The van der Waals surface area contributed by atoms with Gasteiger partial charge in [0.1, 0.15) is 0 Å². The van der Waals surface area contributed by atoms with E-state index in [1.807, 2.05) is 19.1 Å². The normalized spacial score (nSPS) is 11.8. The monoisotopic (exact) mass is 397 g/mol. The number of nitrogens with one attached hydrogen (secondary N) is 1. The molecule has 2 N–H and O–H groups in total. The van der Waals surface area contributed by atoms with Crippen LogP contribution in [0.25, 0.3) is 0 Å². The zero-order valence-corrected chi connectivity index (χ0v) is 15.1. The Balaban J connectivity index is 2.23. The topological polar surface area (TPSA) is 58.6 Å². The summed E-state index contributed by atoms with van der Waals surface area (Å²) in [4.78, 5) is 12.5. The molecule has 2 rings (SSSR count). The molecule has 122 valence electrons. The molecule has 0 radical (unpaired) electrons. The summed E-state index contributed by atoms with van der Waals surface area (Å²) in [5, 5.41) is 13.5. The summed E-state index contributed by atoms with van der Waals surface area (Å²) in [6, 6.07) is 10.3. The fraction of sp³-hybridized carbons (Fsp3) is 0.235. The molecule has 23 heavy (non-hydrogen) atoms. The largest absolute Gasteiger partial charge is 0.503 e. The lowest BCUT2D eigenvalue weighted by atomic mass is 10.0. The molecule has 2 aromatic rings. The van der Waals surface area contributed by atoms with Crippen LogP contribution in [0.2, 0.25) is 5.02 Å². The lowest BCUT2D eigenvalue weighted by Gasteiger charge is -2.18. The number of hydrogen-bond acceptors (Lipinski definition) is 3. The van der Waals surface area contributed by atoms with Crippen molar-refractivity contribution in [2.24, 2.45) is 0 Å². The van der Waals surface area contributed by atoms with E-state index in [0.717, 1.165) is 12.0 Å². The molecule has 1 unspecified atom stereocenters. The summed E-state index contributed by atoms with van der Waals surface area (Å²) in [6.45, 7) is 1.99. The first-order valence-electron chi connectivity index (χ1n) is 7.09. The molecule has 0 bridgehead atoms. The van der Waals surface area contributed by atoms with E-state index >= 15 is 0 Å². The van der Waals surface area contributed by atoms with Gasteiger partial charge in [-0.2, -0.15) is 0 Å². The molecule has 4 nitrogen and oxygen atoms in total. The lowest BCUT2D eigenvalue weighted by Crippen LogP contribution is -2.28. The molecule has 0 heterocycles. The molecule has 6 heteroatoms. The highest BCUT2D eigenvalue weighted by Gasteiger charge is 2.17. The van der Waals surface area contributed by atoms with Crippen LogP contribution >= 0.6 is 27.5 Å². The summed E-state index contributed by atoms with van der Waals surface area (Å²) >= 11 is 9.11. The van der Waals surface area contributed by atoms with Crippen LogP contribution in [-0.4, -0.2) is 18.1 Å². The predicted octanol–water partition coefficient (Wildman–Crippen LogP) is 4.70. The second-order valence-electron chi connectivity index (χ2n) is 4.99. The average molecular weight is 399 g/mol. The summed E-state index contributed by atoms with van der Waals surface area (Å²) in [5.74, 6) is -0.0383. The van der Waals surface area contributed by atoms with Crippen molar-refractivity contribution in [2.45, 2.75) is 19.4 Å². The molecule has 1 atom stereocenters. The summed E-state index contributed by atoms with van der Waals surface area (Å²) in [7, 11) is 1.44. The van der Waals surface area contributed by atoms with E-state index in [2.05, 4.69) is 21.2 Å². The van der Waals surface area contributed by atoms with Crippen LogP contribution in [0.1, 0.15) is 35.3 Å². The third kappa shape index (κ3) is 4.18. The number of halogens is 2. The molecular weight excluding hydrogens is 382 g/mol. The van der Waals surface area contributed by atoms with Gasteiger partial charge in [0.2, 0.25) is 0 Å². The number of hydrogen-bond donors (Lipinski definition) is 2. The number of ether oxygens (including phenoxy) is 1. The number of benzene rings is 2. The number of methoxy groups -OCH3 is 1. The van der Waals surface area contributed by atoms with Gasteiger partial charge in [-0.15, -0.1) is 0 Å². The van der Waals surface area contributed by atoms with Crippen LogP contribution in [0.4, 0.5) is 0 Å². The molecule has 0 spiro atoms. The quantitative estimate of drug-likeness (QED) is 0.767. The summed E-state index contributed by atoms with van der Waals surface area (Å²) in [6.07, 6.45) is 0.740. The Morgan fingerprint density at radius 1 is 1.35 bits per heavy atom. The van der Waals surface area contributed by atoms with Crippen LogP contribution in [0.5, 0.6) is 11.5 Å². The predicted molar refractivity (Wildman–Crippen MR) is 94.3 cm³/mol. The van der Waals surface area contributed by atoms with E-state index in [1.165, 1.54) is 13.2 Å². The second-order valence-corrected chi connectivity index (χ2v) is 6.29. The molecule has 0 fully saturated rings. The van der Waals surface area contributed by atoms with Gasteiger partial charge in [-0.1, -0.05) is 30.7 Å². The Labute approximate surface area is 148 Å². The van der Waals surface area contributed by atoms with Crippen molar-refractivity contribution in [1.82, 2.24) is 5.32 Å². The summed E-state index contributed by atoms with van der Waals surface area (Å²) in [5.41, 5.74) is 1.38. The van der Waals surface area contributed by atoms with Crippen molar-refractivity contribution in [3.05, 3.63) is 57.0 Å². The van der Waals surface area contributed by atoms with Crippen molar-refractivity contribution < 1.29 is 14.6 Å². The van der Waals surface area contributed by atoms with Gasteiger partial charge in [-0.25, -0.2) is 0 Å². The van der Waals surface area contributed by atoms with Crippen molar-refractivity contribution in [3.63, 3.8) is 0 Å². The number of carbonyl (C=O) groups is 1. The van der Waals surface area contributed by atoms with E-state index in [0.29, 0.717) is 15.1 Å². The van der Waals surface area contributed by atoms with Crippen LogP contribution in [0.15, 0.2) is 40.9 Å². The number of phenolic OH excluding ortho intramolecular Hbond substituents is 1. The van der Waals surface area contributed by atoms with E-state index in [-0.39, 0.29) is 23.4 Å². The number of amides is 1. The smallest absolute Gasteiger partial charge is 0.251 e. The minimum Gasteiger partial charge on any atom is -0.503 e. The molecular formula is C17H17BrClNO3. The second kappa shape index (κ2) is 7.70. The Bertz CT molecular complexity index is 704. The maximum Gasteiger partial charge on any atom is 0.251 e. The first kappa shape index (κ1) is 17.6. The van der Waals surface area contributed by atoms with Gasteiger partial charge in [0.05, 0.1) is 17.6 Å². The van der Waals surface area contributed by atoms with E-state index < -0.39 is 0 Å². The Morgan fingerprint density at radius 2 is 2.00 bits per heavy atom. The third-order valence-corrected chi connectivity index (χ3v) is 4.35. The van der Waals surface area contributed by atoms with Gasteiger partial charge in [0.15, 0.2) is 11.5 Å². The lowest BCUT2D eigenvalue weighted by molar-refractivity contribution is 0.0935. The fourth-order valence-electron chi connectivity index (χ4n) is 2.22. The van der Waals surface area contributed by atoms with Crippen LogP contribution in [0, 0.1) is 0 Å². The first-order valence-corrected chi connectivity index (χ1v) is 8.26. The van der Waals surface area contributed by atoms with Gasteiger partial charge >= 0.3 is 0 Å². The third-order valence-electron chi connectivity index (χ3n) is 3.50. The highest BCUT2D eigenvalue weighted by atomic mass is 79.9. The highest BCUT2D eigenvalue weighted by molar-refractivity contribution is 9.10. The van der Waals surface area contributed by atoms with Crippen molar-refractivity contribution in [1.29, 1.82) is 0 Å². The van der Waals surface area contributed by atoms with Crippen molar-refractivity contribution in [2.75, 3.05) is 7.11 Å². The first-order chi connectivity index (χ1) is 11.0. The van der Waals surface area contributed by atoms with Crippen molar-refractivity contribution in [3.8, 4) is 11.5 Å². The molecule has 2 aromatic carbocycles. The molecule has 0 saturated carbocycles. The highest BCUT2D eigenvalue weighted by Crippen LogP contribution is 2.35. The number of carbonyl (C=O) groups excluding carboxylic acids is 1. The van der Waals surface area contributed by atoms with Gasteiger partial charge in [0, 0.05) is 10.6 Å². The fourth-order valence-corrected chi connectivity index (χ4v) is 2.79. The van der Waals surface area contributed by atoms with Crippen LogP contribution in [-0.2, 0) is 0 Å². The Morgan fingerprint density at radius 3 is 2.57 bits per heavy atom. The van der Waals surface area contributed by atoms with E-state index in [9.17, 15) is 9.90 Å². The van der Waals surface area contributed by atoms with Gasteiger partial charge in [0.25, 0.3) is 5.91 Å². The SMILES string of the molecule is CCC(NC(=O)c1cc(Br)c(O)c(OC)c1)c1ccc(Cl)cc1. The molecule has 0 saturated heterocycles. The number of aromatic hydroxyl groups is 1. The molecule has 0 aliphatic carbocycles. The van der Waals surface area contributed by atoms with Crippen molar-refractivity contribution >= 4 is 33.4 Å². The van der Waals surface area contributed by atoms with Crippen LogP contribution in [0.3, 0.4) is 0 Å². The maximum absolute atomic E-state index is 12.5. The van der Waals surface area contributed by atoms with Gasteiger partial charge in [-0.05, 0) is 52.2 Å². The molecule has 0 aromatic heterocycles. The number of phenols is 1.